The Morgan fingerprint density at radius 3 is 2.36 bits per heavy atom. The van der Waals surface area contributed by atoms with Gasteiger partial charge in [0.1, 0.15) is 0 Å². The van der Waals surface area contributed by atoms with Crippen LogP contribution in [0.25, 0.3) is 0 Å². The molecule has 0 aliphatic rings. The van der Waals surface area contributed by atoms with Crippen LogP contribution in [0.3, 0.4) is 0 Å². The summed E-state index contributed by atoms with van der Waals surface area (Å²) in [5, 5.41) is 7.93. The van der Waals surface area contributed by atoms with Crippen molar-refractivity contribution in [1.29, 1.82) is 0 Å². The van der Waals surface area contributed by atoms with Gasteiger partial charge in [-0.3, -0.25) is 4.79 Å². The summed E-state index contributed by atoms with van der Waals surface area (Å²) in [7, 11) is -3.70. The Hall–Kier alpha value is -1.45. The molecule has 0 aliphatic heterocycles. The molecule has 1 atom stereocenters. The van der Waals surface area contributed by atoms with E-state index in [9.17, 15) is 13.2 Å². The number of benzene rings is 2. The molecule has 2 rings (SSSR count). The van der Waals surface area contributed by atoms with E-state index in [-0.39, 0.29) is 16.8 Å². The highest BCUT2D eigenvalue weighted by molar-refractivity contribution is 14.1. The van der Waals surface area contributed by atoms with Crippen LogP contribution in [-0.4, -0.2) is 14.3 Å². The van der Waals surface area contributed by atoms with Gasteiger partial charge in [0.05, 0.1) is 10.9 Å². The number of hydrogen-bond acceptors (Lipinski definition) is 3. The molecule has 0 radical (unpaired) electrons. The first-order chi connectivity index (χ1) is 10.3. The Morgan fingerprint density at radius 1 is 1.18 bits per heavy atom. The van der Waals surface area contributed by atoms with Crippen molar-refractivity contribution in [2.75, 3.05) is 0 Å². The first-order valence-corrected chi connectivity index (χ1v) is 9.09. The summed E-state index contributed by atoms with van der Waals surface area (Å²) >= 11 is 2.15. The molecule has 7 heteroatoms. The molecular weight excluding hydrogens is 415 g/mol. The van der Waals surface area contributed by atoms with Crippen LogP contribution in [0.1, 0.15) is 28.9 Å². The molecule has 0 aliphatic carbocycles. The van der Waals surface area contributed by atoms with Gasteiger partial charge in [0.15, 0.2) is 0 Å². The number of sulfonamides is 1. The van der Waals surface area contributed by atoms with Gasteiger partial charge in [-0.1, -0.05) is 18.2 Å². The lowest BCUT2D eigenvalue weighted by Crippen LogP contribution is -2.26. The predicted molar refractivity (Wildman–Crippen MR) is 92.9 cm³/mol. The molecule has 0 saturated heterocycles. The van der Waals surface area contributed by atoms with Crippen molar-refractivity contribution >= 4 is 38.5 Å². The molecule has 0 saturated carbocycles. The van der Waals surface area contributed by atoms with Crippen LogP contribution in [0.5, 0.6) is 0 Å². The van der Waals surface area contributed by atoms with Gasteiger partial charge in [0, 0.05) is 9.13 Å². The van der Waals surface area contributed by atoms with Crippen molar-refractivity contribution < 1.29 is 13.2 Å². The van der Waals surface area contributed by atoms with Crippen molar-refractivity contribution in [3.8, 4) is 0 Å². The van der Waals surface area contributed by atoms with E-state index in [1.54, 1.807) is 24.3 Å². The molecule has 2 aromatic rings. The molecule has 22 heavy (non-hydrogen) atoms. The lowest BCUT2D eigenvalue weighted by atomic mass is 10.1. The highest BCUT2D eigenvalue weighted by Crippen LogP contribution is 2.16. The number of hydrogen-bond donors (Lipinski definition) is 2. The predicted octanol–water partition coefficient (Wildman–Crippen LogP) is 2.43. The fraction of sp³-hybridized carbons (Fsp3) is 0.133. The topological polar surface area (TPSA) is 89.3 Å². The van der Waals surface area contributed by atoms with Crippen LogP contribution < -0.4 is 10.5 Å². The maximum Gasteiger partial charge on any atom is 0.251 e. The molecule has 0 heterocycles. The second-order valence-corrected chi connectivity index (χ2v) is 7.63. The minimum absolute atomic E-state index is 0.0485. The molecule has 1 unspecified atom stereocenters. The lowest BCUT2D eigenvalue weighted by Gasteiger charge is -2.15. The Morgan fingerprint density at radius 2 is 1.82 bits per heavy atom. The van der Waals surface area contributed by atoms with E-state index in [4.69, 9.17) is 5.14 Å². The average Bonchev–Trinajstić information content (AvgIpc) is 2.46. The van der Waals surface area contributed by atoms with Crippen molar-refractivity contribution in [2.45, 2.75) is 17.9 Å². The van der Waals surface area contributed by atoms with E-state index in [0.29, 0.717) is 5.56 Å². The third-order valence-electron chi connectivity index (χ3n) is 3.14. The van der Waals surface area contributed by atoms with Gasteiger partial charge in [-0.25, -0.2) is 13.6 Å². The van der Waals surface area contributed by atoms with Crippen molar-refractivity contribution in [3.63, 3.8) is 0 Å². The van der Waals surface area contributed by atoms with Gasteiger partial charge in [-0.15, -0.1) is 0 Å². The number of rotatable bonds is 4. The van der Waals surface area contributed by atoms with Crippen LogP contribution >= 0.6 is 22.6 Å². The molecule has 3 N–H and O–H groups in total. The molecule has 5 nitrogen and oxygen atoms in total. The third-order valence-corrected chi connectivity index (χ3v) is 4.74. The monoisotopic (exact) mass is 430 g/mol. The zero-order valence-corrected chi connectivity index (χ0v) is 14.8. The summed E-state index contributed by atoms with van der Waals surface area (Å²) in [5.41, 5.74) is 1.38. The standard InChI is InChI=1S/C15H15IN2O3S/c1-10(11-5-7-14(8-6-11)22(17,20)21)18-15(19)12-3-2-4-13(16)9-12/h2-10H,1H3,(H,18,19)(H2,17,20,21). The number of nitrogens with one attached hydrogen (secondary N) is 1. The van der Waals surface area contributed by atoms with E-state index in [2.05, 4.69) is 27.9 Å². The fourth-order valence-corrected chi connectivity index (χ4v) is 3.00. The van der Waals surface area contributed by atoms with Crippen LogP contribution in [-0.2, 0) is 10.0 Å². The van der Waals surface area contributed by atoms with E-state index < -0.39 is 10.0 Å². The van der Waals surface area contributed by atoms with E-state index in [1.165, 1.54) is 12.1 Å². The maximum atomic E-state index is 12.2. The van der Waals surface area contributed by atoms with Gasteiger partial charge in [0.25, 0.3) is 5.91 Å². The zero-order chi connectivity index (χ0) is 16.3. The Bertz CT molecular complexity index is 789. The Labute approximate surface area is 143 Å². The molecule has 0 bridgehead atoms. The summed E-state index contributed by atoms with van der Waals surface area (Å²) in [4.78, 5) is 12.2. The minimum atomic E-state index is -3.70. The smallest absolute Gasteiger partial charge is 0.251 e. The maximum absolute atomic E-state index is 12.2. The molecule has 0 fully saturated rings. The van der Waals surface area contributed by atoms with Crippen LogP contribution in [0.2, 0.25) is 0 Å². The Kier molecular flexibility index (Phi) is 5.20. The second-order valence-electron chi connectivity index (χ2n) is 4.82. The van der Waals surface area contributed by atoms with E-state index >= 15 is 0 Å². The van der Waals surface area contributed by atoms with Crippen LogP contribution in [0.4, 0.5) is 0 Å². The molecule has 0 spiro atoms. The van der Waals surface area contributed by atoms with Gasteiger partial charge >= 0.3 is 0 Å². The number of carbonyl (C=O) groups is 1. The number of amides is 1. The summed E-state index contributed by atoms with van der Waals surface area (Å²) in [5.74, 6) is -0.179. The van der Waals surface area contributed by atoms with Crippen molar-refractivity contribution in [3.05, 3.63) is 63.2 Å². The second kappa shape index (κ2) is 6.76. The number of carbonyl (C=O) groups excluding carboxylic acids is 1. The minimum Gasteiger partial charge on any atom is -0.346 e. The van der Waals surface area contributed by atoms with Crippen molar-refractivity contribution in [1.82, 2.24) is 5.32 Å². The number of primary sulfonamides is 1. The number of halogens is 1. The molecule has 116 valence electrons. The zero-order valence-electron chi connectivity index (χ0n) is 11.8. The molecule has 0 aromatic heterocycles. The molecular formula is C15H15IN2O3S. The molecule has 1 amide bonds. The highest BCUT2D eigenvalue weighted by Gasteiger charge is 2.13. The molecule has 2 aromatic carbocycles. The normalized spacial score (nSPS) is 12.7. The Balaban J connectivity index is 2.12. The summed E-state index contributed by atoms with van der Waals surface area (Å²) in [6.45, 7) is 1.83. The van der Waals surface area contributed by atoms with Gasteiger partial charge < -0.3 is 5.32 Å². The summed E-state index contributed by atoms with van der Waals surface area (Å²) in [6, 6.07) is 13.2. The largest absolute Gasteiger partial charge is 0.346 e. The van der Waals surface area contributed by atoms with Crippen LogP contribution in [0, 0.1) is 3.57 Å². The first kappa shape index (κ1) is 16.9. The van der Waals surface area contributed by atoms with Crippen LogP contribution in [0.15, 0.2) is 53.4 Å². The summed E-state index contributed by atoms with van der Waals surface area (Å²) in [6.07, 6.45) is 0. The van der Waals surface area contributed by atoms with Gasteiger partial charge in [-0.2, -0.15) is 0 Å². The summed E-state index contributed by atoms with van der Waals surface area (Å²) < 4.78 is 23.4. The van der Waals surface area contributed by atoms with Gasteiger partial charge in [0.2, 0.25) is 10.0 Å². The first-order valence-electron chi connectivity index (χ1n) is 6.46. The third kappa shape index (κ3) is 4.28. The number of nitrogens with two attached hydrogens (primary N) is 1. The highest BCUT2D eigenvalue weighted by atomic mass is 127. The van der Waals surface area contributed by atoms with E-state index in [0.717, 1.165) is 9.13 Å². The van der Waals surface area contributed by atoms with Crippen molar-refractivity contribution in [2.24, 2.45) is 5.14 Å². The van der Waals surface area contributed by atoms with Gasteiger partial charge in [-0.05, 0) is 65.4 Å². The lowest BCUT2D eigenvalue weighted by molar-refractivity contribution is 0.0940. The van der Waals surface area contributed by atoms with E-state index in [1.807, 2.05) is 19.1 Å². The quantitative estimate of drug-likeness (QED) is 0.731. The average molecular weight is 430 g/mol. The SMILES string of the molecule is CC(NC(=O)c1cccc(I)c1)c1ccc(S(N)(=O)=O)cc1. The fourth-order valence-electron chi connectivity index (χ4n) is 1.94.